The number of hydrogen-bond donors (Lipinski definition) is 2. The van der Waals surface area contributed by atoms with E-state index in [0.717, 1.165) is 6.08 Å². The van der Waals surface area contributed by atoms with Crippen LogP contribution < -0.4 is 0 Å². The van der Waals surface area contributed by atoms with Crippen LogP contribution in [0, 0.1) is 35.5 Å². The van der Waals surface area contributed by atoms with Gasteiger partial charge in [0, 0.05) is 22.7 Å². The number of alkyl halides is 2. The highest BCUT2D eigenvalue weighted by Gasteiger charge is 2.78. The molecular formula is C27H30F2O5S2. The first-order valence-corrected chi connectivity index (χ1v) is 13.5. The third-order valence-corrected chi connectivity index (χ3v) is 11.1. The van der Waals surface area contributed by atoms with Crippen LogP contribution in [0.1, 0.15) is 55.3 Å². The Morgan fingerprint density at radius 2 is 1.94 bits per heavy atom. The average molecular weight is 537 g/mol. The first-order valence-electron chi connectivity index (χ1n) is 12.2. The van der Waals surface area contributed by atoms with Gasteiger partial charge in [0.15, 0.2) is 17.1 Å². The summed E-state index contributed by atoms with van der Waals surface area (Å²) in [6.45, 7) is 6.79. The lowest BCUT2D eigenvalue weighted by Gasteiger charge is -2.63. The molecule has 36 heavy (non-hydrogen) atoms. The van der Waals surface area contributed by atoms with Gasteiger partial charge in [-0.05, 0) is 73.8 Å². The minimum atomic E-state index is -2.27. The van der Waals surface area contributed by atoms with Crippen molar-refractivity contribution >= 4 is 40.8 Å². The van der Waals surface area contributed by atoms with Gasteiger partial charge in [0.1, 0.15) is 11.0 Å². The number of aliphatic hydroxyl groups is 1. The van der Waals surface area contributed by atoms with Crippen LogP contribution in [0.5, 0.6) is 0 Å². The number of thiophene rings is 1. The van der Waals surface area contributed by atoms with Gasteiger partial charge in [-0.3, -0.25) is 9.59 Å². The van der Waals surface area contributed by atoms with Gasteiger partial charge in [0.05, 0.1) is 6.10 Å². The van der Waals surface area contributed by atoms with Crippen LogP contribution in [-0.2, 0) is 14.3 Å². The maximum atomic E-state index is 17.3. The molecule has 9 heteroatoms. The number of rotatable bonds is 3. The van der Waals surface area contributed by atoms with E-state index in [1.165, 1.54) is 30.4 Å². The second-order valence-corrected chi connectivity index (χ2v) is 12.7. The standard InChI is InChI=1S/C27H30F2O5S2/c1-13-6-8-36-21(13)22(32)34-27(23(33)35)14(2)9-16-17-11-19(28)18-10-15(30)5-7-24(18,3)26(17,29)20(31)12-25(16,27)4/h5-8,10,14,16-17,19-20,31H,9,11-12H2,1-4H3,(H,33,35)/t14-,16+,17+,19+,20+,24+,25+,26+,27-/m1/s1. The molecular weight excluding hydrogens is 506 g/mol. The van der Waals surface area contributed by atoms with Crippen molar-refractivity contribution in [3.63, 3.8) is 0 Å². The predicted molar refractivity (Wildman–Crippen MR) is 134 cm³/mol. The lowest BCUT2D eigenvalue weighted by atomic mass is 9.44. The van der Waals surface area contributed by atoms with E-state index >= 15 is 8.78 Å². The van der Waals surface area contributed by atoms with Crippen molar-refractivity contribution in [1.82, 2.24) is 0 Å². The summed E-state index contributed by atoms with van der Waals surface area (Å²) in [5.41, 5.74) is -5.95. The van der Waals surface area contributed by atoms with Crippen LogP contribution in [0.25, 0.3) is 0 Å². The number of hydrogen-bond acceptors (Lipinski definition) is 6. The summed E-state index contributed by atoms with van der Waals surface area (Å²) in [5.74, 6) is -3.16. The van der Waals surface area contributed by atoms with E-state index < -0.39 is 69.0 Å². The molecule has 1 aromatic heterocycles. The zero-order chi connectivity index (χ0) is 26.4. The third kappa shape index (κ3) is 2.99. The summed E-state index contributed by atoms with van der Waals surface area (Å²) in [4.78, 5) is 38.9. The Hall–Kier alpha value is -1.84. The van der Waals surface area contributed by atoms with Crippen molar-refractivity contribution in [3.05, 3.63) is 45.7 Å². The minimum Gasteiger partial charge on any atom is -0.445 e. The van der Waals surface area contributed by atoms with E-state index in [0.29, 0.717) is 16.9 Å². The monoisotopic (exact) mass is 536 g/mol. The van der Waals surface area contributed by atoms with E-state index in [1.807, 2.05) is 0 Å². The molecule has 1 aromatic rings. The second kappa shape index (κ2) is 8.08. The number of carbonyl (C=O) groups excluding carboxylic acids is 3. The highest BCUT2D eigenvalue weighted by atomic mass is 32.1. The van der Waals surface area contributed by atoms with E-state index in [2.05, 4.69) is 12.6 Å². The van der Waals surface area contributed by atoms with Gasteiger partial charge in [0.2, 0.25) is 5.12 Å². The molecule has 5 nitrogen and oxygen atoms in total. The molecule has 4 aliphatic rings. The molecule has 0 radical (unpaired) electrons. The predicted octanol–water partition coefficient (Wildman–Crippen LogP) is 4.97. The van der Waals surface area contributed by atoms with Crippen molar-refractivity contribution in [2.45, 2.75) is 70.5 Å². The molecule has 0 spiro atoms. The molecule has 0 saturated heterocycles. The Labute approximate surface area is 218 Å². The fraction of sp³-hybridized carbons (Fsp3) is 0.593. The fourth-order valence-electron chi connectivity index (χ4n) is 8.01. The Balaban J connectivity index is 1.62. The molecule has 3 saturated carbocycles. The van der Waals surface area contributed by atoms with Crippen molar-refractivity contribution < 1.29 is 33.0 Å². The number of esters is 1. The lowest BCUT2D eigenvalue weighted by Crippen LogP contribution is -2.70. The smallest absolute Gasteiger partial charge is 0.349 e. The summed E-state index contributed by atoms with van der Waals surface area (Å²) in [6.07, 6.45) is 0.453. The summed E-state index contributed by atoms with van der Waals surface area (Å²) < 4.78 is 39.0. The van der Waals surface area contributed by atoms with E-state index in [4.69, 9.17) is 4.74 Å². The number of thiol groups is 1. The van der Waals surface area contributed by atoms with Crippen molar-refractivity contribution in [3.8, 4) is 0 Å². The number of ketones is 1. The quantitative estimate of drug-likeness (QED) is 0.421. The van der Waals surface area contributed by atoms with Gasteiger partial charge in [-0.25, -0.2) is 13.6 Å². The van der Waals surface area contributed by atoms with Crippen molar-refractivity contribution in [1.29, 1.82) is 0 Å². The molecule has 0 aromatic carbocycles. The molecule has 0 bridgehead atoms. The molecule has 3 fully saturated rings. The van der Waals surface area contributed by atoms with Crippen LogP contribution in [0.3, 0.4) is 0 Å². The van der Waals surface area contributed by atoms with Crippen LogP contribution in [0.4, 0.5) is 8.78 Å². The zero-order valence-corrected chi connectivity index (χ0v) is 22.3. The van der Waals surface area contributed by atoms with E-state index in [9.17, 15) is 19.5 Å². The Kier molecular flexibility index (Phi) is 5.79. The minimum absolute atomic E-state index is 0.0404. The van der Waals surface area contributed by atoms with Gasteiger partial charge >= 0.3 is 5.97 Å². The number of allylic oxidation sites excluding steroid dienone is 4. The fourth-order valence-corrected chi connectivity index (χ4v) is 9.34. The maximum Gasteiger partial charge on any atom is 0.349 e. The molecule has 194 valence electrons. The summed E-state index contributed by atoms with van der Waals surface area (Å²) >= 11 is 5.37. The summed E-state index contributed by atoms with van der Waals surface area (Å²) in [5, 5.41) is 12.6. The number of aryl methyl sites for hydroxylation is 1. The lowest BCUT2D eigenvalue weighted by molar-refractivity contribution is -0.221. The molecule has 0 unspecified atom stereocenters. The molecule has 5 rings (SSSR count). The summed E-state index contributed by atoms with van der Waals surface area (Å²) in [6, 6.07) is 1.78. The van der Waals surface area contributed by atoms with Gasteiger partial charge in [-0.2, -0.15) is 0 Å². The zero-order valence-electron chi connectivity index (χ0n) is 20.6. The van der Waals surface area contributed by atoms with Crippen molar-refractivity contribution in [2.75, 3.05) is 0 Å². The highest BCUT2D eigenvalue weighted by Crippen LogP contribution is 2.71. The Morgan fingerprint density at radius 1 is 1.25 bits per heavy atom. The van der Waals surface area contributed by atoms with E-state index in [1.54, 1.807) is 32.2 Å². The molecule has 9 atom stereocenters. The first-order chi connectivity index (χ1) is 16.7. The SMILES string of the molecule is Cc1ccsc1C(=O)O[C@@]1(C(=O)S)[C@H](C)C[C@H]2[C@@H]3C[C@H](F)C4=CC(=O)C=C[C@]4(C)[C@@]3(F)[C@@H](O)C[C@@]21C. The van der Waals surface area contributed by atoms with Gasteiger partial charge in [0.25, 0.3) is 0 Å². The van der Waals surface area contributed by atoms with Crippen LogP contribution in [-0.4, -0.2) is 45.5 Å². The molecule has 0 aliphatic heterocycles. The first kappa shape index (κ1) is 25.8. The topological polar surface area (TPSA) is 80.7 Å². The normalized spacial score (nSPS) is 45.4. The van der Waals surface area contributed by atoms with Crippen LogP contribution in [0.2, 0.25) is 0 Å². The number of carbonyl (C=O) groups is 3. The number of fused-ring (bicyclic) bond motifs is 5. The molecule has 4 aliphatic carbocycles. The maximum absolute atomic E-state index is 17.3. The highest BCUT2D eigenvalue weighted by molar-refractivity contribution is 7.96. The largest absolute Gasteiger partial charge is 0.445 e. The number of halogens is 2. The molecule has 1 N–H and O–H groups in total. The van der Waals surface area contributed by atoms with Gasteiger partial charge in [-0.1, -0.05) is 19.9 Å². The average Bonchev–Trinajstić information content (AvgIpc) is 3.32. The van der Waals surface area contributed by atoms with Crippen molar-refractivity contribution in [2.24, 2.45) is 28.6 Å². The number of ether oxygens (including phenoxy) is 1. The third-order valence-electron chi connectivity index (χ3n) is 9.79. The van der Waals surface area contributed by atoms with Crippen LogP contribution in [0.15, 0.2) is 35.2 Å². The van der Waals surface area contributed by atoms with Gasteiger partial charge in [-0.15, -0.1) is 24.0 Å². The molecule has 1 heterocycles. The van der Waals surface area contributed by atoms with Crippen LogP contribution >= 0.6 is 24.0 Å². The Morgan fingerprint density at radius 3 is 2.56 bits per heavy atom. The molecule has 0 amide bonds. The van der Waals surface area contributed by atoms with E-state index in [-0.39, 0.29) is 18.4 Å². The number of aliphatic hydroxyl groups excluding tert-OH is 1. The van der Waals surface area contributed by atoms with Gasteiger partial charge < -0.3 is 9.84 Å². The second-order valence-electron chi connectivity index (χ2n) is 11.4. The summed E-state index contributed by atoms with van der Waals surface area (Å²) in [7, 11) is 0. The Bertz CT molecular complexity index is 1220.